The molecule has 12 heavy (non-hydrogen) atoms. The van der Waals surface area contributed by atoms with Crippen molar-refractivity contribution >= 4 is 5.91 Å². The molecule has 0 bridgehead atoms. The van der Waals surface area contributed by atoms with Gasteiger partial charge in [0.2, 0.25) is 5.91 Å². The Morgan fingerprint density at radius 2 is 2.33 bits per heavy atom. The Labute approximate surface area is 74.1 Å². The van der Waals surface area contributed by atoms with E-state index >= 15 is 0 Å². The van der Waals surface area contributed by atoms with E-state index in [-0.39, 0.29) is 0 Å². The molecule has 3 nitrogen and oxygen atoms in total. The van der Waals surface area contributed by atoms with Crippen molar-refractivity contribution in [2.45, 2.75) is 32.7 Å². The lowest BCUT2D eigenvalue weighted by atomic mass is 10.1. The minimum Gasteiger partial charge on any atom is -0.337 e. The fraction of sp³-hybridized carbons (Fsp3) is 0.889. The first-order chi connectivity index (χ1) is 5.79. The maximum absolute atomic E-state index is 11.4. The molecule has 1 fully saturated rings. The van der Waals surface area contributed by atoms with Crippen LogP contribution in [-0.4, -0.2) is 36.5 Å². The summed E-state index contributed by atoms with van der Waals surface area (Å²) in [5.74, 6) is 0.295. The summed E-state index contributed by atoms with van der Waals surface area (Å²) < 4.78 is 0. The molecule has 3 heteroatoms. The highest BCUT2D eigenvalue weighted by atomic mass is 16.2. The maximum Gasteiger partial charge on any atom is 0.222 e. The number of carbonyl (C=O) groups excluding carboxylic acids is 1. The molecule has 0 aromatic rings. The molecule has 1 aliphatic rings. The summed E-state index contributed by atoms with van der Waals surface area (Å²) in [6.07, 6.45) is 1.69. The number of rotatable bonds is 2. The average Bonchev–Trinajstić information content (AvgIpc) is 2.16. The highest BCUT2D eigenvalue weighted by Crippen LogP contribution is 2.08. The molecule has 0 saturated carbocycles. The number of hydrogen-bond donors (Lipinski definition) is 1. The number of hydrogen-bond acceptors (Lipinski definition) is 2. The van der Waals surface area contributed by atoms with Gasteiger partial charge in [-0.3, -0.25) is 4.79 Å². The quantitative estimate of drug-likeness (QED) is 0.658. The third-order valence-corrected chi connectivity index (χ3v) is 2.44. The Hall–Kier alpha value is -0.570. The van der Waals surface area contributed by atoms with Crippen LogP contribution in [0.5, 0.6) is 0 Å². The van der Waals surface area contributed by atoms with Crippen LogP contribution in [0.25, 0.3) is 0 Å². The Morgan fingerprint density at radius 1 is 1.58 bits per heavy atom. The molecular weight excluding hydrogens is 152 g/mol. The first-order valence-electron chi connectivity index (χ1n) is 4.79. The lowest BCUT2D eigenvalue weighted by molar-refractivity contribution is -0.134. The molecule has 1 saturated heterocycles. The second-order valence-electron chi connectivity index (χ2n) is 3.21. The Bertz CT molecular complexity index is 159. The van der Waals surface area contributed by atoms with E-state index in [1.165, 1.54) is 0 Å². The normalized spacial score (nSPS) is 24.2. The highest BCUT2D eigenvalue weighted by Gasteiger charge is 2.23. The minimum absolute atomic E-state index is 0.295. The summed E-state index contributed by atoms with van der Waals surface area (Å²) in [4.78, 5) is 13.4. The molecule has 1 N–H and O–H groups in total. The van der Waals surface area contributed by atoms with Crippen molar-refractivity contribution in [3.8, 4) is 0 Å². The standard InChI is InChI=1S/C9H18N2O/c1-3-8-7-10-5-6-11(8)9(12)4-2/h8,10H,3-7H2,1-2H3/t8-/m0/s1. The second kappa shape index (κ2) is 4.45. The molecule has 0 aromatic heterocycles. The van der Waals surface area contributed by atoms with E-state index in [4.69, 9.17) is 0 Å². The van der Waals surface area contributed by atoms with Crippen LogP contribution in [-0.2, 0) is 4.79 Å². The summed E-state index contributed by atoms with van der Waals surface area (Å²) in [6, 6.07) is 0.422. The average molecular weight is 170 g/mol. The van der Waals surface area contributed by atoms with E-state index in [1.807, 2.05) is 11.8 Å². The zero-order valence-corrected chi connectivity index (χ0v) is 7.97. The smallest absolute Gasteiger partial charge is 0.222 e. The predicted octanol–water partition coefficient (Wildman–Crippen LogP) is 0.607. The van der Waals surface area contributed by atoms with Gasteiger partial charge in [-0.1, -0.05) is 13.8 Å². The van der Waals surface area contributed by atoms with Gasteiger partial charge < -0.3 is 10.2 Å². The zero-order chi connectivity index (χ0) is 8.97. The van der Waals surface area contributed by atoms with Crippen molar-refractivity contribution in [2.75, 3.05) is 19.6 Å². The molecule has 1 rings (SSSR count). The van der Waals surface area contributed by atoms with Crippen LogP contribution in [0.2, 0.25) is 0 Å². The minimum atomic E-state index is 0.295. The van der Waals surface area contributed by atoms with Gasteiger partial charge in [0, 0.05) is 32.1 Å². The van der Waals surface area contributed by atoms with Gasteiger partial charge in [-0.15, -0.1) is 0 Å². The van der Waals surface area contributed by atoms with Gasteiger partial charge in [0.1, 0.15) is 0 Å². The highest BCUT2D eigenvalue weighted by molar-refractivity contribution is 5.76. The molecule has 1 atom stereocenters. The van der Waals surface area contributed by atoms with Gasteiger partial charge in [-0.25, -0.2) is 0 Å². The lowest BCUT2D eigenvalue weighted by Crippen LogP contribution is -2.53. The van der Waals surface area contributed by atoms with E-state index in [0.29, 0.717) is 18.4 Å². The maximum atomic E-state index is 11.4. The van der Waals surface area contributed by atoms with Crippen LogP contribution in [0.3, 0.4) is 0 Å². The molecule has 1 heterocycles. The van der Waals surface area contributed by atoms with Gasteiger partial charge in [0.05, 0.1) is 0 Å². The molecule has 1 amide bonds. The summed E-state index contributed by atoms with van der Waals surface area (Å²) >= 11 is 0. The Kier molecular flexibility index (Phi) is 3.53. The molecule has 0 aromatic carbocycles. The largest absolute Gasteiger partial charge is 0.337 e. The first kappa shape index (κ1) is 9.52. The summed E-state index contributed by atoms with van der Waals surface area (Å²) in [5.41, 5.74) is 0. The number of piperazine rings is 1. The summed E-state index contributed by atoms with van der Waals surface area (Å²) in [5, 5.41) is 3.30. The number of nitrogens with zero attached hydrogens (tertiary/aromatic N) is 1. The second-order valence-corrected chi connectivity index (χ2v) is 3.21. The zero-order valence-electron chi connectivity index (χ0n) is 7.97. The van der Waals surface area contributed by atoms with Crippen LogP contribution in [0.4, 0.5) is 0 Å². The van der Waals surface area contributed by atoms with Crippen molar-refractivity contribution in [1.82, 2.24) is 10.2 Å². The lowest BCUT2D eigenvalue weighted by Gasteiger charge is -2.35. The molecular formula is C9H18N2O. The summed E-state index contributed by atoms with van der Waals surface area (Å²) in [7, 11) is 0. The van der Waals surface area contributed by atoms with Gasteiger partial charge in [-0.2, -0.15) is 0 Å². The molecule has 0 radical (unpaired) electrons. The van der Waals surface area contributed by atoms with E-state index in [2.05, 4.69) is 12.2 Å². The van der Waals surface area contributed by atoms with Crippen LogP contribution in [0, 0.1) is 0 Å². The van der Waals surface area contributed by atoms with Crippen LogP contribution >= 0.6 is 0 Å². The third-order valence-electron chi connectivity index (χ3n) is 2.44. The van der Waals surface area contributed by atoms with Crippen LogP contribution in [0.15, 0.2) is 0 Å². The van der Waals surface area contributed by atoms with Gasteiger partial charge in [0.25, 0.3) is 0 Å². The first-order valence-corrected chi connectivity index (χ1v) is 4.79. The van der Waals surface area contributed by atoms with Crippen molar-refractivity contribution in [3.63, 3.8) is 0 Å². The van der Waals surface area contributed by atoms with E-state index in [0.717, 1.165) is 26.1 Å². The molecule has 0 unspecified atom stereocenters. The SMILES string of the molecule is CCC(=O)N1CCNC[C@@H]1CC. The molecule has 0 spiro atoms. The topological polar surface area (TPSA) is 32.3 Å². The van der Waals surface area contributed by atoms with Crippen molar-refractivity contribution < 1.29 is 4.79 Å². The van der Waals surface area contributed by atoms with Crippen LogP contribution in [0.1, 0.15) is 26.7 Å². The van der Waals surface area contributed by atoms with E-state index in [1.54, 1.807) is 0 Å². The van der Waals surface area contributed by atoms with Gasteiger partial charge in [0.15, 0.2) is 0 Å². The molecule has 0 aliphatic carbocycles. The van der Waals surface area contributed by atoms with E-state index < -0.39 is 0 Å². The monoisotopic (exact) mass is 170 g/mol. The third kappa shape index (κ3) is 1.97. The molecule has 70 valence electrons. The van der Waals surface area contributed by atoms with Crippen LogP contribution < -0.4 is 5.32 Å². The number of carbonyl (C=O) groups is 1. The molecule has 1 aliphatic heterocycles. The van der Waals surface area contributed by atoms with Crippen molar-refractivity contribution in [1.29, 1.82) is 0 Å². The Balaban J connectivity index is 2.52. The van der Waals surface area contributed by atoms with Crippen molar-refractivity contribution in [3.05, 3.63) is 0 Å². The Morgan fingerprint density at radius 3 is 2.92 bits per heavy atom. The van der Waals surface area contributed by atoms with E-state index in [9.17, 15) is 4.79 Å². The predicted molar refractivity (Wildman–Crippen MR) is 49.0 cm³/mol. The van der Waals surface area contributed by atoms with Gasteiger partial charge in [-0.05, 0) is 6.42 Å². The number of amides is 1. The fourth-order valence-electron chi connectivity index (χ4n) is 1.66. The number of nitrogens with one attached hydrogen (secondary N) is 1. The van der Waals surface area contributed by atoms with Crippen molar-refractivity contribution in [2.24, 2.45) is 0 Å². The van der Waals surface area contributed by atoms with Gasteiger partial charge >= 0.3 is 0 Å². The summed E-state index contributed by atoms with van der Waals surface area (Å²) in [6.45, 7) is 6.85. The fourth-order valence-corrected chi connectivity index (χ4v) is 1.66.